The van der Waals surface area contributed by atoms with Crippen molar-refractivity contribution in [2.24, 2.45) is 0 Å². The SMILES string of the molecule is CCCNc1ncnc(Nc2cccc(C(F)(F)F)c2)c1N. The van der Waals surface area contributed by atoms with Crippen molar-refractivity contribution < 1.29 is 13.2 Å². The molecular weight excluding hydrogens is 295 g/mol. The molecule has 0 unspecified atom stereocenters. The van der Waals surface area contributed by atoms with Crippen LogP contribution in [0.3, 0.4) is 0 Å². The molecule has 1 aromatic heterocycles. The van der Waals surface area contributed by atoms with Crippen molar-refractivity contribution in [3.05, 3.63) is 36.2 Å². The number of aromatic nitrogens is 2. The molecule has 0 saturated carbocycles. The fraction of sp³-hybridized carbons (Fsp3) is 0.286. The molecule has 0 spiro atoms. The summed E-state index contributed by atoms with van der Waals surface area (Å²) >= 11 is 0. The van der Waals surface area contributed by atoms with Gasteiger partial charge in [-0.25, -0.2) is 9.97 Å². The van der Waals surface area contributed by atoms with Crippen molar-refractivity contribution in [3.63, 3.8) is 0 Å². The van der Waals surface area contributed by atoms with Crippen LogP contribution in [0.4, 0.5) is 36.2 Å². The van der Waals surface area contributed by atoms with E-state index in [1.807, 2.05) is 6.92 Å². The summed E-state index contributed by atoms with van der Waals surface area (Å²) in [7, 11) is 0. The summed E-state index contributed by atoms with van der Waals surface area (Å²) in [6.07, 6.45) is -2.22. The average Bonchev–Trinajstić information content (AvgIpc) is 2.48. The molecule has 118 valence electrons. The van der Waals surface area contributed by atoms with Crippen molar-refractivity contribution in [3.8, 4) is 0 Å². The maximum atomic E-state index is 12.7. The molecule has 0 aliphatic heterocycles. The van der Waals surface area contributed by atoms with Gasteiger partial charge in [0.1, 0.15) is 12.0 Å². The van der Waals surface area contributed by atoms with E-state index in [2.05, 4.69) is 20.6 Å². The van der Waals surface area contributed by atoms with Gasteiger partial charge in [-0.2, -0.15) is 13.2 Å². The summed E-state index contributed by atoms with van der Waals surface area (Å²) in [5.41, 5.74) is 5.69. The lowest BCUT2D eigenvalue weighted by Gasteiger charge is -2.13. The van der Waals surface area contributed by atoms with Gasteiger partial charge >= 0.3 is 6.18 Å². The molecule has 0 atom stereocenters. The number of nitrogens with zero attached hydrogens (tertiary/aromatic N) is 2. The van der Waals surface area contributed by atoms with Gasteiger partial charge in [-0.1, -0.05) is 13.0 Å². The smallest absolute Gasteiger partial charge is 0.393 e. The molecule has 2 aromatic rings. The number of anilines is 4. The molecular formula is C14H16F3N5. The predicted molar refractivity (Wildman–Crippen MR) is 80.0 cm³/mol. The zero-order valence-corrected chi connectivity index (χ0v) is 11.9. The van der Waals surface area contributed by atoms with E-state index in [4.69, 9.17) is 5.73 Å². The largest absolute Gasteiger partial charge is 0.416 e. The normalized spacial score (nSPS) is 11.3. The summed E-state index contributed by atoms with van der Waals surface area (Å²) < 4.78 is 38.1. The van der Waals surface area contributed by atoms with Crippen molar-refractivity contribution in [2.45, 2.75) is 19.5 Å². The van der Waals surface area contributed by atoms with E-state index in [9.17, 15) is 13.2 Å². The van der Waals surface area contributed by atoms with Gasteiger partial charge in [0, 0.05) is 12.2 Å². The quantitative estimate of drug-likeness (QED) is 0.786. The second-order valence-electron chi connectivity index (χ2n) is 4.61. The second-order valence-corrected chi connectivity index (χ2v) is 4.61. The summed E-state index contributed by atoms with van der Waals surface area (Å²) in [6, 6.07) is 4.83. The van der Waals surface area contributed by atoms with Gasteiger partial charge in [0.2, 0.25) is 0 Å². The van der Waals surface area contributed by atoms with Crippen LogP contribution < -0.4 is 16.4 Å². The summed E-state index contributed by atoms with van der Waals surface area (Å²) in [4.78, 5) is 7.97. The monoisotopic (exact) mass is 311 g/mol. The molecule has 8 heteroatoms. The Morgan fingerprint density at radius 2 is 1.91 bits per heavy atom. The van der Waals surface area contributed by atoms with Gasteiger partial charge < -0.3 is 16.4 Å². The molecule has 1 heterocycles. The predicted octanol–water partition coefficient (Wildman–Crippen LogP) is 3.64. The molecule has 5 nitrogen and oxygen atoms in total. The fourth-order valence-electron chi connectivity index (χ4n) is 1.79. The van der Waals surface area contributed by atoms with Gasteiger partial charge in [-0.05, 0) is 24.6 Å². The number of rotatable bonds is 5. The number of hydrogen-bond donors (Lipinski definition) is 3. The number of nitrogen functional groups attached to an aromatic ring is 1. The van der Waals surface area contributed by atoms with Crippen LogP contribution in [0.1, 0.15) is 18.9 Å². The highest BCUT2D eigenvalue weighted by Gasteiger charge is 2.30. The van der Waals surface area contributed by atoms with Crippen LogP contribution in [0.5, 0.6) is 0 Å². The highest BCUT2D eigenvalue weighted by molar-refractivity contribution is 5.77. The first-order valence-corrected chi connectivity index (χ1v) is 6.70. The molecule has 2 rings (SSSR count). The Kier molecular flexibility index (Phi) is 4.69. The van der Waals surface area contributed by atoms with E-state index < -0.39 is 11.7 Å². The van der Waals surface area contributed by atoms with E-state index in [0.717, 1.165) is 18.6 Å². The standard InChI is InChI=1S/C14H16F3N5/c1-2-6-19-12-11(18)13(21-8-20-12)22-10-5-3-4-9(7-10)14(15,16)17/h3-5,7-8H,2,6,18H2,1H3,(H2,19,20,21,22). The van der Waals surface area contributed by atoms with Crippen LogP contribution in [0.25, 0.3) is 0 Å². The third-order valence-corrected chi connectivity index (χ3v) is 2.88. The summed E-state index contributed by atoms with van der Waals surface area (Å²) in [5, 5.41) is 5.81. The highest BCUT2D eigenvalue weighted by atomic mass is 19.4. The molecule has 1 aromatic carbocycles. The Morgan fingerprint density at radius 1 is 1.18 bits per heavy atom. The number of hydrogen-bond acceptors (Lipinski definition) is 5. The summed E-state index contributed by atoms with van der Waals surface area (Å²) in [5.74, 6) is 0.708. The molecule has 0 fully saturated rings. The molecule has 0 aliphatic carbocycles. The fourth-order valence-corrected chi connectivity index (χ4v) is 1.79. The Morgan fingerprint density at radius 3 is 2.59 bits per heavy atom. The number of nitrogens with one attached hydrogen (secondary N) is 2. The minimum Gasteiger partial charge on any atom is -0.393 e. The molecule has 0 amide bonds. The Bertz CT molecular complexity index is 643. The van der Waals surface area contributed by atoms with Crippen LogP contribution in [0, 0.1) is 0 Å². The lowest BCUT2D eigenvalue weighted by atomic mass is 10.2. The van der Waals surface area contributed by atoms with Crippen LogP contribution >= 0.6 is 0 Å². The zero-order chi connectivity index (χ0) is 16.2. The van der Waals surface area contributed by atoms with Crippen molar-refractivity contribution in [1.82, 2.24) is 9.97 Å². The molecule has 0 bridgehead atoms. The molecule has 0 aliphatic rings. The first kappa shape index (κ1) is 15.9. The van der Waals surface area contributed by atoms with Crippen molar-refractivity contribution >= 4 is 23.0 Å². The van der Waals surface area contributed by atoms with Gasteiger partial charge in [0.05, 0.1) is 5.56 Å². The van der Waals surface area contributed by atoms with Gasteiger partial charge in [0.25, 0.3) is 0 Å². The number of benzene rings is 1. The van der Waals surface area contributed by atoms with Crippen LogP contribution in [0.15, 0.2) is 30.6 Å². The molecule has 0 saturated heterocycles. The van der Waals surface area contributed by atoms with Crippen molar-refractivity contribution in [2.75, 3.05) is 22.9 Å². The van der Waals surface area contributed by atoms with E-state index in [0.29, 0.717) is 12.4 Å². The second kappa shape index (κ2) is 6.50. The zero-order valence-electron chi connectivity index (χ0n) is 11.9. The van der Waals surface area contributed by atoms with E-state index in [-0.39, 0.29) is 17.2 Å². The summed E-state index contributed by atoms with van der Waals surface area (Å²) in [6.45, 7) is 2.68. The average molecular weight is 311 g/mol. The Balaban J connectivity index is 2.24. The number of nitrogens with two attached hydrogens (primary N) is 1. The molecule has 22 heavy (non-hydrogen) atoms. The van der Waals surface area contributed by atoms with Crippen molar-refractivity contribution in [1.29, 1.82) is 0 Å². The number of alkyl halides is 3. The third-order valence-electron chi connectivity index (χ3n) is 2.88. The van der Waals surface area contributed by atoms with E-state index in [1.54, 1.807) is 0 Å². The molecule has 0 radical (unpaired) electrons. The Hall–Kier alpha value is -2.51. The van der Waals surface area contributed by atoms with Crippen LogP contribution in [0.2, 0.25) is 0 Å². The Labute approximate surface area is 125 Å². The van der Waals surface area contributed by atoms with Crippen LogP contribution in [-0.4, -0.2) is 16.5 Å². The minimum atomic E-state index is -4.40. The topological polar surface area (TPSA) is 75.9 Å². The highest BCUT2D eigenvalue weighted by Crippen LogP contribution is 2.32. The maximum absolute atomic E-state index is 12.7. The third kappa shape index (κ3) is 3.78. The van der Waals surface area contributed by atoms with Gasteiger partial charge in [-0.3, -0.25) is 0 Å². The number of halogens is 3. The maximum Gasteiger partial charge on any atom is 0.416 e. The molecule has 4 N–H and O–H groups in total. The van der Waals surface area contributed by atoms with E-state index >= 15 is 0 Å². The first-order valence-electron chi connectivity index (χ1n) is 6.70. The first-order chi connectivity index (χ1) is 10.4. The lowest BCUT2D eigenvalue weighted by molar-refractivity contribution is -0.137. The van der Waals surface area contributed by atoms with Gasteiger partial charge in [0.15, 0.2) is 11.6 Å². The lowest BCUT2D eigenvalue weighted by Crippen LogP contribution is -2.09. The van der Waals surface area contributed by atoms with Gasteiger partial charge in [-0.15, -0.1) is 0 Å². The minimum absolute atomic E-state index is 0.252. The van der Waals surface area contributed by atoms with E-state index in [1.165, 1.54) is 18.5 Å². The van der Waals surface area contributed by atoms with Crippen LogP contribution in [-0.2, 0) is 6.18 Å².